The average Bonchev–Trinajstić information content (AvgIpc) is 2.54. The number of amides is 2. The minimum atomic E-state index is -0.0403. The van der Waals surface area contributed by atoms with Crippen molar-refractivity contribution in [3.05, 3.63) is 24.3 Å². The lowest BCUT2D eigenvalue weighted by Gasteiger charge is -2.35. The lowest BCUT2D eigenvalue weighted by Crippen LogP contribution is -2.50. The van der Waals surface area contributed by atoms with Crippen LogP contribution in [0, 0.1) is 0 Å². The molecule has 5 nitrogen and oxygen atoms in total. The number of benzene rings is 1. The van der Waals surface area contributed by atoms with Gasteiger partial charge in [-0.3, -0.25) is 0 Å². The Bertz CT molecular complexity index is 478. The predicted octanol–water partition coefficient (Wildman–Crippen LogP) is 2.79. The molecule has 1 aromatic carbocycles. The maximum Gasteiger partial charge on any atom is 0.322 e. The van der Waals surface area contributed by atoms with Gasteiger partial charge in [0.05, 0.1) is 19.3 Å². The molecule has 1 N–H and O–H groups in total. The summed E-state index contributed by atoms with van der Waals surface area (Å²) in [7, 11) is 2.04. The Balaban J connectivity index is 2.05. The standard InChI is InChI=1S/C16H25N3O2/c1-4-14-12-21-10-9-19(14)16(20)17-13-7-6-8-15(11-13)18(3)5-2/h6-8,11,14H,4-5,9-10,12H2,1-3H3,(H,17,20)/t14-/m1/s1. The predicted molar refractivity (Wildman–Crippen MR) is 86.0 cm³/mol. The molecule has 2 amide bonds. The van der Waals surface area contributed by atoms with Gasteiger partial charge >= 0.3 is 6.03 Å². The summed E-state index contributed by atoms with van der Waals surface area (Å²) in [5.41, 5.74) is 1.93. The summed E-state index contributed by atoms with van der Waals surface area (Å²) in [5, 5.41) is 3.00. The Kier molecular flexibility index (Phi) is 5.44. The molecule has 1 saturated heterocycles. The number of hydrogen-bond acceptors (Lipinski definition) is 3. The first-order valence-electron chi connectivity index (χ1n) is 7.62. The monoisotopic (exact) mass is 291 g/mol. The minimum absolute atomic E-state index is 0.0403. The van der Waals surface area contributed by atoms with Crippen molar-refractivity contribution in [3.63, 3.8) is 0 Å². The van der Waals surface area contributed by atoms with Crippen LogP contribution in [0.3, 0.4) is 0 Å². The molecule has 1 atom stereocenters. The van der Waals surface area contributed by atoms with Gasteiger partial charge in [-0.15, -0.1) is 0 Å². The number of morpholine rings is 1. The summed E-state index contributed by atoms with van der Waals surface area (Å²) in [6.45, 7) is 7.00. The van der Waals surface area contributed by atoms with Crippen LogP contribution in [0.4, 0.5) is 16.2 Å². The van der Waals surface area contributed by atoms with E-state index in [0.717, 1.165) is 24.3 Å². The fourth-order valence-electron chi connectivity index (χ4n) is 2.46. The zero-order valence-corrected chi connectivity index (χ0v) is 13.1. The normalized spacial score (nSPS) is 18.4. The minimum Gasteiger partial charge on any atom is -0.377 e. The number of nitrogens with zero attached hydrogens (tertiary/aromatic N) is 2. The first-order valence-corrected chi connectivity index (χ1v) is 7.62. The summed E-state index contributed by atoms with van der Waals surface area (Å²) in [6.07, 6.45) is 0.909. The molecular weight excluding hydrogens is 266 g/mol. The van der Waals surface area contributed by atoms with Crippen LogP contribution in [-0.4, -0.2) is 50.3 Å². The lowest BCUT2D eigenvalue weighted by atomic mass is 10.2. The maximum absolute atomic E-state index is 12.4. The first kappa shape index (κ1) is 15.6. The third kappa shape index (κ3) is 3.88. The molecule has 1 heterocycles. The van der Waals surface area contributed by atoms with Crippen LogP contribution >= 0.6 is 0 Å². The second-order valence-corrected chi connectivity index (χ2v) is 5.33. The smallest absolute Gasteiger partial charge is 0.322 e. The van der Waals surface area contributed by atoms with Gasteiger partial charge < -0.3 is 19.9 Å². The Morgan fingerprint density at radius 2 is 2.29 bits per heavy atom. The molecule has 1 fully saturated rings. The highest BCUT2D eigenvalue weighted by atomic mass is 16.5. The first-order chi connectivity index (χ1) is 10.2. The van der Waals surface area contributed by atoms with Crippen LogP contribution in [0.5, 0.6) is 0 Å². The van der Waals surface area contributed by atoms with Crippen LogP contribution in [-0.2, 0) is 4.74 Å². The maximum atomic E-state index is 12.4. The Morgan fingerprint density at radius 1 is 1.48 bits per heavy atom. The van der Waals surface area contributed by atoms with Crippen LogP contribution in [0.1, 0.15) is 20.3 Å². The molecule has 0 spiro atoms. The molecule has 1 aromatic rings. The van der Waals surface area contributed by atoms with Gasteiger partial charge in [-0.25, -0.2) is 4.79 Å². The van der Waals surface area contributed by atoms with E-state index in [1.807, 2.05) is 36.2 Å². The van der Waals surface area contributed by atoms with Crippen molar-refractivity contribution in [1.82, 2.24) is 4.90 Å². The average molecular weight is 291 g/mol. The molecule has 0 radical (unpaired) electrons. The van der Waals surface area contributed by atoms with Crippen LogP contribution in [0.2, 0.25) is 0 Å². The van der Waals surface area contributed by atoms with Crippen molar-refractivity contribution in [1.29, 1.82) is 0 Å². The van der Waals surface area contributed by atoms with Gasteiger partial charge in [0.1, 0.15) is 0 Å². The number of nitrogens with one attached hydrogen (secondary N) is 1. The molecular formula is C16H25N3O2. The van der Waals surface area contributed by atoms with Gasteiger partial charge in [-0.1, -0.05) is 13.0 Å². The number of carbonyl (C=O) groups excluding carboxylic acids is 1. The highest BCUT2D eigenvalue weighted by Gasteiger charge is 2.25. The van der Waals surface area contributed by atoms with E-state index < -0.39 is 0 Å². The van der Waals surface area contributed by atoms with E-state index >= 15 is 0 Å². The third-order valence-corrected chi connectivity index (χ3v) is 3.97. The highest BCUT2D eigenvalue weighted by Crippen LogP contribution is 2.19. The largest absolute Gasteiger partial charge is 0.377 e. The summed E-state index contributed by atoms with van der Waals surface area (Å²) < 4.78 is 5.44. The van der Waals surface area contributed by atoms with Crippen molar-refractivity contribution in [3.8, 4) is 0 Å². The Morgan fingerprint density at radius 3 is 3.00 bits per heavy atom. The van der Waals surface area contributed by atoms with Crippen molar-refractivity contribution < 1.29 is 9.53 Å². The number of hydrogen-bond donors (Lipinski definition) is 1. The van der Waals surface area contributed by atoms with E-state index in [9.17, 15) is 4.79 Å². The van der Waals surface area contributed by atoms with Crippen molar-refractivity contribution in [2.24, 2.45) is 0 Å². The molecule has 2 rings (SSSR count). The van der Waals surface area contributed by atoms with Gasteiger partial charge in [0.25, 0.3) is 0 Å². The van der Waals surface area contributed by atoms with Crippen molar-refractivity contribution >= 4 is 17.4 Å². The van der Waals surface area contributed by atoms with Crippen LogP contribution in [0.25, 0.3) is 0 Å². The van der Waals surface area contributed by atoms with Gasteiger partial charge in [0.2, 0.25) is 0 Å². The van der Waals surface area contributed by atoms with E-state index in [1.165, 1.54) is 0 Å². The van der Waals surface area contributed by atoms with Gasteiger partial charge in [-0.2, -0.15) is 0 Å². The lowest BCUT2D eigenvalue weighted by molar-refractivity contribution is 0.0144. The SMILES string of the molecule is CC[C@@H]1COCCN1C(=O)Nc1cccc(N(C)CC)c1. The molecule has 0 bridgehead atoms. The number of carbonyl (C=O) groups is 1. The zero-order chi connectivity index (χ0) is 15.2. The quantitative estimate of drug-likeness (QED) is 0.927. The molecule has 1 aliphatic heterocycles. The number of ether oxygens (including phenoxy) is 1. The molecule has 0 aliphatic carbocycles. The van der Waals surface area contributed by atoms with E-state index in [4.69, 9.17) is 4.74 Å². The van der Waals surface area contributed by atoms with Gasteiger partial charge in [0.15, 0.2) is 0 Å². The van der Waals surface area contributed by atoms with Crippen LogP contribution < -0.4 is 10.2 Å². The Labute approximate surface area is 126 Å². The van der Waals surface area contributed by atoms with Gasteiger partial charge in [-0.05, 0) is 31.5 Å². The topological polar surface area (TPSA) is 44.8 Å². The second kappa shape index (κ2) is 7.31. The van der Waals surface area contributed by atoms with Gasteiger partial charge in [0, 0.05) is 31.5 Å². The highest BCUT2D eigenvalue weighted by molar-refractivity contribution is 5.90. The molecule has 0 saturated carbocycles. The van der Waals surface area contributed by atoms with E-state index in [0.29, 0.717) is 19.8 Å². The Hall–Kier alpha value is -1.75. The number of urea groups is 1. The molecule has 0 unspecified atom stereocenters. The summed E-state index contributed by atoms with van der Waals surface area (Å²) in [6, 6.07) is 8.06. The second-order valence-electron chi connectivity index (χ2n) is 5.33. The fraction of sp³-hybridized carbons (Fsp3) is 0.562. The van der Waals surface area contributed by atoms with Crippen molar-refractivity contribution in [2.75, 3.05) is 43.6 Å². The summed E-state index contributed by atoms with van der Waals surface area (Å²) in [5.74, 6) is 0. The molecule has 21 heavy (non-hydrogen) atoms. The summed E-state index contributed by atoms with van der Waals surface area (Å²) in [4.78, 5) is 16.4. The number of anilines is 2. The van der Waals surface area contributed by atoms with E-state index in [-0.39, 0.29) is 12.1 Å². The molecule has 116 valence electrons. The third-order valence-electron chi connectivity index (χ3n) is 3.97. The van der Waals surface area contributed by atoms with Crippen LogP contribution in [0.15, 0.2) is 24.3 Å². The molecule has 5 heteroatoms. The molecule has 0 aromatic heterocycles. The van der Waals surface area contributed by atoms with E-state index in [2.05, 4.69) is 24.1 Å². The molecule has 1 aliphatic rings. The van der Waals surface area contributed by atoms with E-state index in [1.54, 1.807) is 0 Å². The number of rotatable bonds is 4. The van der Waals surface area contributed by atoms with Crippen molar-refractivity contribution in [2.45, 2.75) is 26.3 Å². The summed E-state index contributed by atoms with van der Waals surface area (Å²) >= 11 is 0. The zero-order valence-electron chi connectivity index (χ0n) is 13.1. The fourth-order valence-corrected chi connectivity index (χ4v) is 2.46.